The number of benzene rings is 1. The third-order valence-corrected chi connectivity index (χ3v) is 5.24. The summed E-state index contributed by atoms with van der Waals surface area (Å²) in [6, 6.07) is 11.1. The Morgan fingerprint density at radius 3 is 2.74 bits per heavy atom. The molecule has 1 aliphatic rings. The van der Waals surface area contributed by atoms with Gasteiger partial charge in [0, 0.05) is 24.0 Å². The van der Waals surface area contributed by atoms with Crippen LogP contribution in [0.4, 0.5) is 9.52 Å². The average molecular weight is 382 g/mol. The molecule has 136 valence electrons. The van der Waals surface area contributed by atoms with Crippen LogP contribution < -0.4 is 5.32 Å². The van der Waals surface area contributed by atoms with E-state index in [0.29, 0.717) is 30.3 Å². The fraction of sp³-hybridized carbons (Fsp3) is 0.158. The summed E-state index contributed by atoms with van der Waals surface area (Å²) in [6.07, 6.45) is 2.11. The van der Waals surface area contributed by atoms with Crippen molar-refractivity contribution < 1.29 is 14.0 Å². The summed E-state index contributed by atoms with van der Waals surface area (Å²) in [4.78, 5) is 35.7. The summed E-state index contributed by atoms with van der Waals surface area (Å²) in [5.41, 5.74) is 1.23. The van der Waals surface area contributed by atoms with Gasteiger partial charge in [-0.25, -0.2) is 9.37 Å². The smallest absolute Gasteiger partial charge is 0.276 e. The number of amides is 2. The Morgan fingerprint density at radius 1 is 1.15 bits per heavy atom. The van der Waals surface area contributed by atoms with Crippen LogP contribution in [0, 0.1) is 5.82 Å². The molecule has 1 aromatic carbocycles. The van der Waals surface area contributed by atoms with E-state index >= 15 is 0 Å². The zero-order chi connectivity index (χ0) is 18.8. The van der Waals surface area contributed by atoms with E-state index in [0.717, 1.165) is 10.6 Å². The van der Waals surface area contributed by atoms with E-state index in [2.05, 4.69) is 15.3 Å². The first-order chi connectivity index (χ1) is 13.1. The fourth-order valence-electron chi connectivity index (χ4n) is 2.89. The van der Waals surface area contributed by atoms with Gasteiger partial charge in [-0.1, -0.05) is 29.5 Å². The third kappa shape index (κ3) is 3.56. The van der Waals surface area contributed by atoms with E-state index < -0.39 is 5.82 Å². The van der Waals surface area contributed by atoms with Crippen molar-refractivity contribution in [3.63, 3.8) is 0 Å². The van der Waals surface area contributed by atoms with Crippen LogP contribution in [0.2, 0.25) is 0 Å². The molecular formula is C19H15FN4O2S. The molecule has 2 aromatic heterocycles. The maximum atomic E-state index is 13.9. The molecule has 0 unspecified atom stereocenters. The lowest BCUT2D eigenvalue weighted by Gasteiger charge is -2.26. The van der Waals surface area contributed by atoms with Crippen molar-refractivity contribution in [1.82, 2.24) is 14.9 Å². The van der Waals surface area contributed by atoms with Gasteiger partial charge < -0.3 is 4.90 Å². The summed E-state index contributed by atoms with van der Waals surface area (Å²) in [5, 5.41) is 3.21. The first-order valence-electron chi connectivity index (χ1n) is 8.36. The molecule has 3 heterocycles. The Bertz CT molecular complexity index is 1010. The number of thiazole rings is 1. The lowest BCUT2D eigenvalue weighted by molar-refractivity contribution is 0.0731. The molecule has 4 rings (SSSR count). The maximum Gasteiger partial charge on any atom is 0.276 e. The van der Waals surface area contributed by atoms with Crippen LogP contribution in [-0.4, -0.2) is 33.2 Å². The summed E-state index contributed by atoms with van der Waals surface area (Å²) >= 11 is 1.32. The van der Waals surface area contributed by atoms with Crippen molar-refractivity contribution in [3.8, 4) is 0 Å². The van der Waals surface area contributed by atoms with Gasteiger partial charge in [-0.3, -0.25) is 19.9 Å². The van der Waals surface area contributed by atoms with Crippen molar-refractivity contribution >= 4 is 28.3 Å². The zero-order valence-electron chi connectivity index (χ0n) is 14.2. The number of carbonyl (C=O) groups is 2. The average Bonchev–Trinajstić information content (AvgIpc) is 3.10. The van der Waals surface area contributed by atoms with Crippen molar-refractivity contribution in [2.75, 3.05) is 11.9 Å². The molecule has 0 bridgehead atoms. The molecule has 1 N–H and O–H groups in total. The minimum atomic E-state index is -0.527. The fourth-order valence-corrected chi connectivity index (χ4v) is 3.90. The Hall–Kier alpha value is -3.13. The standard InChI is InChI=1S/C19H15FN4O2S/c20-13-6-2-1-5-12(13)18(26)24-10-8-14-16(11-24)27-19(22-14)23-17(25)15-7-3-4-9-21-15/h1-7,9H,8,10-11H2,(H,22,23,25). The first kappa shape index (κ1) is 17.3. The minimum absolute atomic E-state index is 0.0640. The van der Waals surface area contributed by atoms with Crippen molar-refractivity contribution in [2.24, 2.45) is 0 Å². The number of carbonyl (C=O) groups excluding carboxylic acids is 2. The van der Waals surface area contributed by atoms with E-state index in [9.17, 15) is 14.0 Å². The second kappa shape index (κ2) is 7.24. The quantitative estimate of drug-likeness (QED) is 0.755. The summed E-state index contributed by atoms with van der Waals surface area (Å²) in [6.45, 7) is 0.803. The Morgan fingerprint density at radius 2 is 1.96 bits per heavy atom. The number of aromatic nitrogens is 2. The molecule has 0 radical (unpaired) electrons. The number of hydrogen-bond donors (Lipinski definition) is 1. The van der Waals surface area contributed by atoms with Crippen LogP contribution in [-0.2, 0) is 13.0 Å². The lowest BCUT2D eigenvalue weighted by Crippen LogP contribution is -2.35. The van der Waals surface area contributed by atoms with Gasteiger partial charge >= 0.3 is 0 Å². The second-order valence-electron chi connectivity index (χ2n) is 6.01. The monoisotopic (exact) mass is 382 g/mol. The number of pyridine rings is 1. The number of halogens is 1. The molecular weight excluding hydrogens is 367 g/mol. The van der Waals surface area contributed by atoms with Gasteiger partial charge in [0.2, 0.25) is 0 Å². The highest BCUT2D eigenvalue weighted by Crippen LogP contribution is 2.29. The lowest BCUT2D eigenvalue weighted by atomic mass is 10.1. The molecule has 2 amide bonds. The number of fused-ring (bicyclic) bond motifs is 1. The van der Waals surface area contributed by atoms with Crippen LogP contribution in [0.3, 0.4) is 0 Å². The summed E-state index contributed by atoms with van der Waals surface area (Å²) < 4.78 is 13.9. The molecule has 3 aromatic rings. The number of anilines is 1. The second-order valence-corrected chi connectivity index (χ2v) is 7.10. The topological polar surface area (TPSA) is 75.2 Å². The third-order valence-electron chi connectivity index (χ3n) is 4.24. The predicted octanol–water partition coefficient (Wildman–Crippen LogP) is 3.13. The highest BCUT2D eigenvalue weighted by molar-refractivity contribution is 7.15. The number of nitrogens with one attached hydrogen (secondary N) is 1. The van der Waals surface area contributed by atoms with Crippen molar-refractivity contribution in [1.29, 1.82) is 0 Å². The van der Waals surface area contributed by atoms with E-state index in [1.807, 2.05) is 0 Å². The van der Waals surface area contributed by atoms with Gasteiger partial charge in [-0.2, -0.15) is 0 Å². The van der Waals surface area contributed by atoms with Gasteiger partial charge in [0.15, 0.2) is 5.13 Å². The molecule has 0 fully saturated rings. The molecule has 1 aliphatic heterocycles. The van der Waals surface area contributed by atoms with Gasteiger partial charge in [0.1, 0.15) is 11.5 Å². The van der Waals surface area contributed by atoms with Gasteiger partial charge in [-0.05, 0) is 24.3 Å². The molecule has 6 nitrogen and oxygen atoms in total. The minimum Gasteiger partial charge on any atom is -0.333 e. The van der Waals surface area contributed by atoms with Crippen LogP contribution in [0.1, 0.15) is 31.4 Å². The normalized spacial score (nSPS) is 13.1. The summed E-state index contributed by atoms with van der Waals surface area (Å²) in [7, 11) is 0. The first-order valence-corrected chi connectivity index (χ1v) is 9.18. The molecule has 0 saturated carbocycles. The molecule has 0 aliphatic carbocycles. The Kier molecular flexibility index (Phi) is 4.64. The van der Waals surface area contributed by atoms with E-state index in [1.54, 1.807) is 41.4 Å². The number of nitrogens with zero attached hydrogens (tertiary/aromatic N) is 3. The van der Waals surface area contributed by atoms with E-state index in [4.69, 9.17) is 0 Å². The molecule has 27 heavy (non-hydrogen) atoms. The zero-order valence-corrected chi connectivity index (χ0v) is 15.0. The van der Waals surface area contributed by atoms with E-state index in [-0.39, 0.29) is 17.4 Å². The molecule has 0 saturated heterocycles. The van der Waals surface area contributed by atoms with Gasteiger partial charge in [-0.15, -0.1) is 0 Å². The van der Waals surface area contributed by atoms with Crippen LogP contribution in [0.25, 0.3) is 0 Å². The number of hydrogen-bond acceptors (Lipinski definition) is 5. The molecule has 8 heteroatoms. The Balaban J connectivity index is 1.49. The van der Waals surface area contributed by atoms with Crippen LogP contribution >= 0.6 is 11.3 Å². The highest BCUT2D eigenvalue weighted by Gasteiger charge is 2.26. The van der Waals surface area contributed by atoms with Gasteiger partial charge in [0.25, 0.3) is 11.8 Å². The Labute approximate surface area is 158 Å². The van der Waals surface area contributed by atoms with Crippen molar-refractivity contribution in [2.45, 2.75) is 13.0 Å². The van der Waals surface area contributed by atoms with Crippen LogP contribution in [0.15, 0.2) is 48.7 Å². The number of rotatable bonds is 3. The maximum absolute atomic E-state index is 13.9. The van der Waals surface area contributed by atoms with Crippen molar-refractivity contribution in [3.05, 3.63) is 76.3 Å². The molecule has 0 spiro atoms. The highest BCUT2D eigenvalue weighted by atomic mass is 32.1. The van der Waals surface area contributed by atoms with Crippen LogP contribution in [0.5, 0.6) is 0 Å². The summed E-state index contributed by atoms with van der Waals surface area (Å²) in [5.74, 6) is -1.20. The molecule has 0 atom stereocenters. The largest absolute Gasteiger partial charge is 0.333 e. The van der Waals surface area contributed by atoms with E-state index in [1.165, 1.54) is 23.5 Å². The SMILES string of the molecule is O=C(Nc1nc2c(s1)CN(C(=O)c1ccccc1F)CC2)c1ccccn1. The van der Waals surface area contributed by atoms with Gasteiger partial charge in [0.05, 0.1) is 17.8 Å². The predicted molar refractivity (Wildman–Crippen MR) is 99.1 cm³/mol.